The third-order valence-electron chi connectivity index (χ3n) is 6.18. The molecule has 3 aromatic rings. The van der Waals surface area contributed by atoms with E-state index in [2.05, 4.69) is 17.4 Å². The Bertz CT molecular complexity index is 1070. The molecule has 1 aliphatic carbocycles. The number of carbonyl (C=O) groups is 1. The molecule has 0 atom stereocenters. The molecule has 5 nitrogen and oxygen atoms in total. The summed E-state index contributed by atoms with van der Waals surface area (Å²) in [5.41, 5.74) is 1.74. The van der Waals surface area contributed by atoms with Crippen LogP contribution >= 0.6 is 0 Å². The second-order valence-corrected chi connectivity index (χ2v) is 8.14. The SMILES string of the molecule is CN(CCCNc1cc(=O)oc2ccccc12)C(=O)C1(c2ccccc2)CCCC1. The van der Waals surface area contributed by atoms with Gasteiger partial charge >= 0.3 is 5.63 Å². The lowest BCUT2D eigenvalue weighted by molar-refractivity contribution is -0.136. The number of fused-ring (bicyclic) bond motifs is 1. The molecule has 1 aliphatic rings. The lowest BCUT2D eigenvalue weighted by Crippen LogP contribution is -2.44. The summed E-state index contributed by atoms with van der Waals surface area (Å²) < 4.78 is 5.24. The van der Waals surface area contributed by atoms with Crippen LogP contribution in [-0.4, -0.2) is 30.9 Å². The summed E-state index contributed by atoms with van der Waals surface area (Å²) in [6.07, 6.45) is 4.83. The minimum absolute atomic E-state index is 0.219. The number of hydrogen-bond donors (Lipinski definition) is 1. The van der Waals surface area contributed by atoms with Crippen molar-refractivity contribution < 1.29 is 9.21 Å². The number of para-hydroxylation sites is 1. The highest BCUT2D eigenvalue weighted by molar-refractivity contribution is 5.89. The molecule has 0 aliphatic heterocycles. The second-order valence-electron chi connectivity index (χ2n) is 8.14. The Kier molecular flexibility index (Phi) is 5.88. The van der Waals surface area contributed by atoms with E-state index in [9.17, 15) is 9.59 Å². The van der Waals surface area contributed by atoms with E-state index in [0.717, 1.165) is 48.7 Å². The van der Waals surface area contributed by atoms with Gasteiger partial charge in [0, 0.05) is 31.6 Å². The molecule has 1 N–H and O–H groups in total. The average Bonchev–Trinajstić information content (AvgIpc) is 3.27. The highest BCUT2D eigenvalue weighted by atomic mass is 16.4. The van der Waals surface area contributed by atoms with Crippen LogP contribution < -0.4 is 10.9 Å². The maximum atomic E-state index is 13.4. The maximum Gasteiger partial charge on any atom is 0.338 e. The predicted molar refractivity (Wildman–Crippen MR) is 120 cm³/mol. The van der Waals surface area contributed by atoms with Gasteiger partial charge in [0.25, 0.3) is 0 Å². The lowest BCUT2D eigenvalue weighted by Gasteiger charge is -2.33. The van der Waals surface area contributed by atoms with Crippen LogP contribution in [-0.2, 0) is 10.2 Å². The molecule has 0 unspecified atom stereocenters. The third-order valence-corrected chi connectivity index (χ3v) is 6.18. The number of anilines is 1. The number of nitrogens with one attached hydrogen (secondary N) is 1. The first-order chi connectivity index (χ1) is 14.6. The van der Waals surface area contributed by atoms with Crippen LogP contribution in [0.1, 0.15) is 37.7 Å². The van der Waals surface area contributed by atoms with Gasteiger partial charge in [0.15, 0.2) is 0 Å². The fraction of sp³-hybridized carbons (Fsp3) is 0.360. The zero-order valence-corrected chi connectivity index (χ0v) is 17.4. The van der Waals surface area contributed by atoms with Crippen LogP contribution in [0.3, 0.4) is 0 Å². The van der Waals surface area contributed by atoms with Crippen LogP contribution in [0.5, 0.6) is 0 Å². The van der Waals surface area contributed by atoms with Crippen molar-refractivity contribution in [2.75, 3.05) is 25.5 Å². The monoisotopic (exact) mass is 404 g/mol. The van der Waals surface area contributed by atoms with E-state index in [1.165, 1.54) is 6.07 Å². The number of carbonyl (C=O) groups excluding carboxylic acids is 1. The molecule has 0 bridgehead atoms. The molecule has 156 valence electrons. The Morgan fingerprint density at radius 1 is 1.07 bits per heavy atom. The van der Waals surface area contributed by atoms with Gasteiger partial charge in [-0.2, -0.15) is 0 Å². The molecule has 1 heterocycles. The van der Waals surface area contributed by atoms with E-state index < -0.39 is 0 Å². The van der Waals surface area contributed by atoms with Gasteiger partial charge in [0.1, 0.15) is 5.58 Å². The van der Waals surface area contributed by atoms with Crippen molar-refractivity contribution in [2.24, 2.45) is 0 Å². The van der Waals surface area contributed by atoms with Gasteiger partial charge in [-0.25, -0.2) is 4.79 Å². The molecule has 2 aromatic carbocycles. The summed E-state index contributed by atoms with van der Waals surface area (Å²) in [4.78, 5) is 27.1. The molecular weight excluding hydrogens is 376 g/mol. The molecule has 5 heteroatoms. The van der Waals surface area contributed by atoms with Gasteiger partial charge in [-0.1, -0.05) is 55.3 Å². The first-order valence-corrected chi connectivity index (χ1v) is 10.7. The van der Waals surface area contributed by atoms with Crippen LogP contribution in [0.15, 0.2) is 69.9 Å². The van der Waals surface area contributed by atoms with E-state index in [0.29, 0.717) is 18.7 Å². The van der Waals surface area contributed by atoms with E-state index >= 15 is 0 Å². The molecule has 0 spiro atoms. The molecule has 1 fully saturated rings. The fourth-order valence-electron chi connectivity index (χ4n) is 4.63. The zero-order valence-electron chi connectivity index (χ0n) is 17.4. The quantitative estimate of drug-likeness (QED) is 0.463. The second kappa shape index (κ2) is 8.74. The Labute approximate surface area is 176 Å². The number of benzene rings is 2. The molecule has 0 saturated heterocycles. The summed E-state index contributed by atoms with van der Waals surface area (Å²) in [5, 5.41) is 4.22. The van der Waals surface area contributed by atoms with Crippen molar-refractivity contribution in [1.82, 2.24) is 4.90 Å². The molecule has 1 saturated carbocycles. The van der Waals surface area contributed by atoms with Gasteiger partial charge in [0.05, 0.1) is 11.1 Å². The van der Waals surface area contributed by atoms with Crippen molar-refractivity contribution in [2.45, 2.75) is 37.5 Å². The van der Waals surface area contributed by atoms with Crippen molar-refractivity contribution >= 4 is 22.6 Å². The van der Waals surface area contributed by atoms with Gasteiger partial charge in [-0.3, -0.25) is 4.79 Å². The van der Waals surface area contributed by atoms with Gasteiger partial charge in [-0.05, 0) is 37.0 Å². The van der Waals surface area contributed by atoms with Crippen LogP contribution in [0.25, 0.3) is 11.0 Å². The summed E-state index contributed by atoms with van der Waals surface area (Å²) in [6.45, 7) is 1.34. The minimum Gasteiger partial charge on any atom is -0.423 e. The van der Waals surface area contributed by atoms with Crippen LogP contribution in [0, 0.1) is 0 Å². The Morgan fingerprint density at radius 3 is 2.53 bits per heavy atom. The Morgan fingerprint density at radius 2 is 1.77 bits per heavy atom. The van der Waals surface area contributed by atoms with Crippen LogP contribution in [0.2, 0.25) is 0 Å². The normalized spacial score (nSPS) is 15.2. The number of hydrogen-bond acceptors (Lipinski definition) is 4. The molecule has 4 rings (SSSR count). The van der Waals surface area contributed by atoms with Gasteiger partial charge in [0.2, 0.25) is 5.91 Å². The predicted octanol–water partition coefficient (Wildman–Crippen LogP) is 4.57. The Balaban J connectivity index is 1.39. The minimum atomic E-state index is -0.377. The number of amides is 1. The molecular formula is C25H28N2O3. The first kappa shape index (κ1) is 20.2. The smallest absolute Gasteiger partial charge is 0.338 e. The standard InChI is InChI=1S/C25H28N2O3/c1-27(24(29)25(14-7-8-15-25)19-10-3-2-4-11-19)17-9-16-26-21-18-23(28)30-22-13-6-5-12-20(21)22/h2-6,10-13,18,26H,7-9,14-17H2,1H3. The Hall–Kier alpha value is -3.08. The lowest BCUT2D eigenvalue weighted by atomic mass is 9.77. The van der Waals surface area contributed by atoms with Crippen molar-refractivity contribution in [3.8, 4) is 0 Å². The van der Waals surface area contributed by atoms with Crippen molar-refractivity contribution in [1.29, 1.82) is 0 Å². The number of likely N-dealkylation sites (N-methyl/N-ethyl adjacent to an activating group) is 1. The molecule has 1 aromatic heterocycles. The van der Waals surface area contributed by atoms with E-state index in [1.54, 1.807) is 6.07 Å². The van der Waals surface area contributed by atoms with E-state index in [-0.39, 0.29) is 16.9 Å². The maximum absolute atomic E-state index is 13.4. The fourth-order valence-corrected chi connectivity index (χ4v) is 4.63. The largest absolute Gasteiger partial charge is 0.423 e. The van der Waals surface area contributed by atoms with E-state index in [4.69, 9.17) is 4.42 Å². The molecule has 30 heavy (non-hydrogen) atoms. The topological polar surface area (TPSA) is 62.6 Å². The highest BCUT2D eigenvalue weighted by Gasteiger charge is 2.43. The highest BCUT2D eigenvalue weighted by Crippen LogP contribution is 2.42. The van der Waals surface area contributed by atoms with E-state index in [1.807, 2.05) is 48.3 Å². The first-order valence-electron chi connectivity index (χ1n) is 10.7. The van der Waals surface area contributed by atoms with Gasteiger partial charge < -0.3 is 14.6 Å². The summed E-state index contributed by atoms with van der Waals surface area (Å²) in [7, 11) is 1.90. The number of rotatable bonds is 7. The zero-order chi connectivity index (χ0) is 21.0. The number of nitrogens with zero attached hydrogens (tertiary/aromatic N) is 1. The van der Waals surface area contributed by atoms with Gasteiger partial charge in [-0.15, -0.1) is 0 Å². The average molecular weight is 405 g/mol. The van der Waals surface area contributed by atoms with Crippen molar-refractivity contribution in [3.63, 3.8) is 0 Å². The summed E-state index contributed by atoms with van der Waals surface area (Å²) in [6, 6.07) is 19.2. The van der Waals surface area contributed by atoms with Crippen molar-refractivity contribution in [3.05, 3.63) is 76.6 Å². The third kappa shape index (κ3) is 3.97. The summed E-state index contributed by atoms with van der Waals surface area (Å²) in [5.74, 6) is 0.219. The molecule has 0 radical (unpaired) electrons. The molecule has 1 amide bonds. The van der Waals surface area contributed by atoms with Crippen LogP contribution in [0.4, 0.5) is 5.69 Å². The summed E-state index contributed by atoms with van der Waals surface area (Å²) >= 11 is 0.